The molecule has 2 heterocycles. The lowest BCUT2D eigenvalue weighted by Crippen LogP contribution is -2.21. The first-order valence-corrected chi connectivity index (χ1v) is 9.09. The van der Waals surface area contributed by atoms with Gasteiger partial charge in [-0.1, -0.05) is 11.6 Å². The molecule has 0 aliphatic rings. The van der Waals surface area contributed by atoms with E-state index in [1.54, 1.807) is 7.11 Å². The van der Waals surface area contributed by atoms with Crippen molar-refractivity contribution in [1.82, 2.24) is 9.55 Å². The minimum atomic E-state index is -0.872. The summed E-state index contributed by atoms with van der Waals surface area (Å²) in [4.78, 5) is 29.9. The third-order valence-electron chi connectivity index (χ3n) is 4.27. The number of carboxylic acid groups (broad SMARTS) is 1. The van der Waals surface area contributed by atoms with Crippen molar-refractivity contribution < 1.29 is 14.6 Å². The largest absolute Gasteiger partial charge is 0.496 e. The van der Waals surface area contributed by atoms with Gasteiger partial charge in [0.25, 0.3) is 5.56 Å². The quantitative estimate of drug-likeness (QED) is 0.715. The molecule has 0 saturated carbocycles. The van der Waals surface area contributed by atoms with E-state index >= 15 is 0 Å². The molecule has 136 valence electrons. The Morgan fingerprint density at radius 1 is 1.35 bits per heavy atom. The Morgan fingerprint density at radius 2 is 2.12 bits per heavy atom. The summed E-state index contributed by atoms with van der Waals surface area (Å²) in [5.74, 6) is -0.164. The highest BCUT2D eigenvalue weighted by Crippen LogP contribution is 2.40. The van der Waals surface area contributed by atoms with Crippen LogP contribution in [0.1, 0.15) is 23.3 Å². The summed E-state index contributed by atoms with van der Waals surface area (Å²) < 4.78 is 6.99. The fraction of sp³-hybridized carbons (Fsp3) is 0.316. The number of nitrogens with zero attached hydrogens (tertiary/aromatic N) is 2. The zero-order chi connectivity index (χ0) is 18.8. The Morgan fingerprint density at radius 3 is 2.81 bits per heavy atom. The molecule has 0 unspecified atom stereocenters. The first-order valence-electron chi connectivity index (χ1n) is 8.27. The number of hydrogen-bond acceptors (Lipinski definition) is 5. The predicted octanol–water partition coefficient (Wildman–Crippen LogP) is 3.62. The molecule has 2 aromatic heterocycles. The van der Waals surface area contributed by atoms with Crippen LogP contribution in [0, 0.1) is 13.8 Å². The Labute approximate surface area is 154 Å². The van der Waals surface area contributed by atoms with E-state index < -0.39 is 5.97 Å². The Hall–Kier alpha value is -2.67. The van der Waals surface area contributed by atoms with Crippen LogP contribution < -0.4 is 10.3 Å². The van der Waals surface area contributed by atoms with Crippen LogP contribution in [-0.2, 0) is 11.3 Å². The number of aryl methyl sites for hydroxylation is 3. The number of thiophene rings is 1. The third kappa shape index (κ3) is 3.35. The maximum Gasteiger partial charge on any atom is 0.303 e. The number of fused-ring (bicyclic) bond motifs is 1. The van der Waals surface area contributed by atoms with Gasteiger partial charge in [0.1, 0.15) is 10.6 Å². The fourth-order valence-electron chi connectivity index (χ4n) is 3.04. The second kappa shape index (κ2) is 7.29. The first kappa shape index (κ1) is 18.1. The summed E-state index contributed by atoms with van der Waals surface area (Å²) in [7, 11) is 1.61. The highest BCUT2D eigenvalue weighted by Gasteiger charge is 2.19. The average Bonchev–Trinajstić information content (AvgIpc) is 2.93. The van der Waals surface area contributed by atoms with Crippen molar-refractivity contribution in [2.45, 2.75) is 33.2 Å². The molecule has 0 saturated heterocycles. The number of ether oxygens (including phenoxy) is 1. The molecule has 0 radical (unpaired) electrons. The van der Waals surface area contributed by atoms with Gasteiger partial charge in [0.05, 0.1) is 18.8 Å². The summed E-state index contributed by atoms with van der Waals surface area (Å²) in [6.45, 7) is 4.29. The predicted molar refractivity (Wildman–Crippen MR) is 102 cm³/mol. The lowest BCUT2D eigenvalue weighted by molar-refractivity contribution is -0.137. The van der Waals surface area contributed by atoms with Crippen molar-refractivity contribution in [3.8, 4) is 16.9 Å². The monoisotopic (exact) mass is 372 g/mol. The summed E-state index contributed by atoms with van der Waals surface area (Å²) in [5, 5.41) is 9.36. The topological polar surface area (TPSA) is 81.4 Å². The van der Waals surface area contributed by atoms with Gasteiger partial charge in [0.15, 0.2) is 0 Å². The molecule has 0 spiro atoms. The van der Waals surface area contributed by atoms with Gasteiger partial charge in [-0.15, -0.1) is 11.3 Å². The van der Waals surface area contributed by atoms with E-state index in [0.29, 0.717) is 28.9 Å². The van der Waals surface area contributed by atoms with E-state index in [9.17, 15) is 9.59 Å². The number of rotatable bonds is 6. The minimum absolute atomic E-state index is 0.0195. The normalized spacial score (nSPS) is 11.0. The van der Waals surface area contributed by atoms with Gasteiger partial charge in [0.2, 0.25) is 0 Å². The Bertz CT molecular complexity index is 1040. The maximum atomic E-state index is 13.0. The van der Waals surface area contributed by atoms with E-state index in [0.717, 1.165) is 21.6 Å². The molecule has 26 heavy (non-hydrogen) atoms. The van der Waals surface area contributed by atoms with Crippen LogP contribution in [-0.4, -0.2) is 27.7 Å². The van der Waals surface area contributed by atoms with Crippen LogP contribution in [0.3, 0.4) is 0 Å². The zero-order valence-corrected chi connectivity index (χ0v) is 15.7. The molecule has 1 N–H and O–H groups in total. The van der Waals surface area contributed by atoms with Crippen LogP contribution >= 0.6 is 11.3 Å². The molecule has 1 aromatic carbocycles. The number of benzene rings is 1. The first-order chi connectivity index (χ1) is 12.4. The molecule has 3 rings (SSSR count). The third-order valence-corrected chi connectivity index (χ3v) is 5.28. The lowest BCUT2D eigenvalue weighted by Gasteiger charge is -2.10. The van der Waals surface area contributed by atoms with Crippen molar-refractivity contribution in [2.24, 2.45) is 0 Å². The second-order valence-corrected chi connectivity index (χ2v) is 7.36. The van der Waals surface area contributed by atoms with Gasteiger partial charge < -0.3 is 9.84 Å². The average molecular weight is 372 g/mol. The van der Waals surface area contributed by atoms with E-state index in [2.05, 4.69) is 4.98 Å². The summed E-state index contributed by atoms with van der Waals surface area (Å²) in [6.07, 6.45) is 1.90. The molecule has 0 aliphatic carbocycles. The molecule has 0 atom stereocenters. The van der Waals surface area contributed by atoms with Crippen LogP contribution in [0.25, 0.3) is 21.3 Å². The number of methoxy groups -OCH3 is 1. The number of aromatic nitrogens is 2. The van der Waals surface area contributed by atoms with Crippen molar-refractivity contribution in [3.05, 3.63) is 45.3 Å². The van der Waals surface area contributed by atoms with Gasteiger partial charge in [-0.25, -0.2) is 4.98 Å². The molecule has 3 aromatic rings. The van der Waals surface area contributed by atoms with Gasteiger partial charge in [0, 0.05) is 29.0 Å². The molecule has 0 fully saturated rings. The van der Waals surface area contributed by atoms with Crippen LogP contribution in [0.2, 0.25) is 0 Å². The van der Waals surface area contributed by atoms with E-state index in [1.807, 2.05) is 32.0 Å². The van der Waals surface area contributed by atoms with Gasteiger partial charge >= 0.3 is 5.97 Å². The highest BCUT2D eigenvalue weighted by molar-refractivity contribution is 7.19. The van der Waals surface area contributed by atoms with Gasteiger partial charge in [-0.3, -0.25) is 14.2 Å². The summed E-state index contributed by atoms with van der Waals surface area (Å²) in [6, 6.07) is 5.87. The van der Waals surface area contributed by atoms with E-state index in [-0.39, 0.29) is 12.0 Å². The smallest absolute Gasteiger partial charge is 0.303 e. The molecule has 0 aliphatic heterocycles. The number of aliphatic carboxylic acids is 1. The molecule has 6 nitrogen and oxygen atoms in total. The second-order valence-electron chi connectivity index (χ2n) is 6.16. The van der Waals surface area contributed by atoms with Crippen LogP contribution in [0.4, 0.5) is 0 Å². The number of carbonyl (C=O) groups is 1. The number of carboxylic acids is 1. The maximum absolute atomic E-state index is 13.0. The molecule has 0 bridgehead atoms. The standard InChI is InChI=1S/C19H20N2O4S/c1-11-6-7-14(25-3)13(9-11)16-12(2)26-18-17(16)19(24)21(10-20-18)8-4-5-15(22)23/h6-7,9-10H,4-5,8H2,1-3H3,(H,22,23). The van der Waals surface area contributed by atoms with Crippen LogP contribution in [0.15, 0.2) is 29.3 Å². The van der Waals surface area contributed by atoms with Gasteiger partial charge in [-0.05, 0) is 32.4 Å². The van der Waals surface area contributed by atoms with Crippen molar-refractivity contribution in [1.29, 1.82) is 0 Å². The fourth-order valence-corrected chi connectivity index (χ4v) is 4.03. The zero-order valence-electron chi connectivity index (χ0n) is 14.9. The lowest BCUT2D eigenvalue weighted by atomic mass is 10.0. The SMILES string of the molecule is COc1ccc(C)cc1-c1c(C)sc2ncn(CCCC(=O)O)c(=O)c12. The highest BCUT2D eigenvalue weighted by atomic mass is 32.1. The Kier molecular flexibility index (Phi) is 5.08. The van der Waals surface area contributed by atoms with E-state index in [4.69, 9.17) is 9.84 Å². The molecular weight excluding hydrogens is 352 g/mol. The minimum Gasteiger partial charge on any atom is -0.496 e. The van der Waals surface area contributed by atoms with Gasteiger partial charge in [-0.2, -0.15) is 0 Å². The molecule has 7 heteroatoms. The van der Waals surface area contributed by atoms with E-state index in [1.165, 1.54) is 22.2 Å². The van der Waals surface area contributed by atoms with Crippen LogP contribution in [0.5, 0.6) is 5.75 Å². The number of hydrogen-bond donors (Lipinski definition) is 1. The van der Waals surface area contributed by atoms with Crippen molar-refractivity contribution in [2.75, 3.05) is 7.11 Å². The molecular formula is C19H20N2O4S. The Balaban J connectivity index is 2.17. The van der Waals surface area contributed by atoms with Crippen molar-refractivity contribution >= 4 is 27.5 Å². The summed E-state index contributed by atoms with van der Waals surface area (Å²) in [5.41, 5.74) is 2.64. The van der Waals surface area contributed by atoms with Crippen molar-refractivity contribution in [3.63, 3.8) is 0 Å². The molecule has 0 amide bonds. The summed E-state index contributed by atoms with van der Waals surface area (Å²) >= 11 is 1.48.